The number of nitrogens with zero attached hydrogens (tertiary/aromatic N) is 2. The van der Waals surface area contributed by atoms with Gasteiger partial charge >= 0.3 is 0 Å². The molecule has 6 nitrogen and oxygen atoms in total. The second-order valence-electron chi connectivity index (χ2n) is 6.13. The van der Waals surface area contributed by atoms with Gasteiger partial charge < -0.3 is 5.32 Å². The van der Waals surface area contributed by atoms with Crippen molar-refractivity contribution in [2.45, 2.75) is 32.2 Å². The fourth-order valence-electron chi connectivity index (χ4n) is 2.72. The van der Waals surface area contributed by atoms with Gasteiger partial charge in [0.2, 0.25) is 5.91 Å². The van der Waals surface area contributed by atoms with Gasteiger partial charge in [0.25, 0.3) is 10.2 Å². The highest BCUT2D eigenvalue weighted by Gasteiger charge is 2.29. The average molecular weight is 339 g/mol. The molecule has 2 rings (SSSR count). The molecule has 0 aromatic heterocycles. The number of hydrogen-bond acceptors (Lipinski definition) is 3. The SMILES string of the molecule is Cc1ccccc1CC(=O)NC1CCN(S(=O)(=O)N(C)C)CC1. The van der Waals surface area contributed by atoms with Crippen molar-refractivity contribution < 1.29 is 13.2 Å². The summed E-state index contributed by atoms with van der Waals surface area (Å²) in [5.74, 6) is -0.00628. The lowest BCUT2D eigenvalue weighted by atomic mass is 10.0. The van der Waals surface area contributed by atoms with Crippen LogP contribution in [0.15, 0.2) is 24.3 Å². The third kappa shape index (κ3) is 4.53. The fraction of sp³-hybridized carbons (Fsp3) is 0.562. The molecule has 0 bridgehead atoms. The fourth-order valence-corrected chi connectivity index (χ4v) is 3.86. The number of amides is 1. The smallest absolute Gasteiger partial charge is 0.281 e. The average Bonchev–Trinajstić information content (AvgIpc) is 2.50. The Bertz CT molecular complexity index is 650. The molecule has 0 saturated carbocycles. The molecule has 0 aliphatic carbocycles. The Hall–Kier alpha value is -1.44. The van der Waals surface area contributed by atoms with E-state index in [2.05, 4.69) is 5.32 Å². The number of carbonyl (C=O) groups is 1. The molecule has 1 aliphatic heterocycles. The van der Waals surface area contributed by atoms with Crippen molar-refractivity contribution in [3.05, 3.63) is 35.4 Å². The molecule has 1 aromatic carbocycles. The lowest BCUT2D eigenvalue weighted by molar-refractivity contribution is -0.121. The van der Waals surface area contributed by atoms with Gasteiger partial charge in [-0.1, -0.05) is 24.3 Å². The maximum atomic E-state index is 12.2. The van der Waals surface area contributed by atoms with Crippen LogP contribution in [-0.2, 0) is 21.4 Å². The third-order valence-corrected chi connectivity index (χ3v) is 6.16. The van der Waals surface area contributed by atoms with Crippen molar-refractivity contribution in [3.8, 4) is 0 Å². The first kappa shape index (κ1) is 17.9. The van der Waals surface area contributed by atoms with Gasteiger partial charge in [0.15, 0.2) is 0 Å². The lowest BCUT2D eigenvalue weighted by Gasteiger charge is -2.33. The Balaban J connectivity index is 1.85. The summed E-state index contributed by atoms with van der Waals surface area (Å²) in [5, 5.41) is 3.02. The highest BCUT2D eigenvalue weighted by Crippen LogP contribution is 2.16. The Kier molecular flexibility index (Phi) is 5.78. The minimum atomic E-state index is -3.35. The topological polar surface area (TPSA) is 69.7 Å². The molecule has 1 aliphatic rings. The molecule has 1 saturated heterocycles. The summed E-state index contributed by atoms with van der Waals surface area (Å²) < 4.78 is 26.8. The number of aryl methyl sites for hydroxylation is 1. The van der Waals surface area contributed by atoms with Gasteiger partial charge in [-0.15, -0.1) is 0 Å². The highest BCUT2D eigenvalue weighted by molar-refractivity contribution is 7.86. The molecule has 0 unspecified atom stereocenters. The van der Waals surface area contributed by atoms with E-state index in [-0.39, 0.29) is 11.9 Å². The molecular weight excluding hydrogens is 314 g/mol. The van der Waals surface area contributed by atoms with Crippen molar-refractivity contribution in [1.29, 1.82) is 0 Å². The van der Waals surface area contributed by atoms with Crippen LogP contribution >= 0.6 is 0 Å². The van der Waals surface area contributed by atoms with E-state index in [1.165, 1.54) is 22.7 Å². The third-order valence-electron chi connectivity index (χ3n) is 4.22. The first-order valence-electron chi connectivity index (χ1n) is 7.82. The van der Waals surface area contributed by atoms with Crippen LogP contribution in [0, 0.1) is 6.92 Å². The van der Waals surface area contributed by atoms with Crippen LogP contribution in [0.1, 0.15) is 24.0 Å². The van der Waals surface area contributed by atoms with E-state index in [1.54, 1.807) is 0 Å². The molecule has 23 heavy (non-hydrogen) atoms. The Morgan fingerprint density at radius 2 is 1.87 bits per heavy atom. The van der Waals surface area contributed by atoms with Crippen molar-refractivity contribution in [2.75, 3.05) is 27.2 Å². The zero-order valence-electron chi connectivity index (χ0n) is 13.9. The number of rotatable bonds is 5. The molecule has 0 atom stereocenters. The van der Waals surface area contributed by atoms with Gasteiger partial charge in [-0.3, -0.25) is 4.79 Å². The molecule has 1 N–H and O–H groups in total. The van der Waals surface area contributed by atoms with Crippen molar-refractivity contribution in [2.24, 2.45) is 0 Å². The maximum absolute atomic E-state index is 12.2. The van der Waals surface area contributed by atoms with Crippen molar-refractivity contribution in [1.82, 2.24) is 13.9 Å². The first-order chi connectivity index (χ1) is 10.8. The van der Waals surface area contributed by atoms with Gasteiger partial charge in [-0.25, -0.2) is 0 Å². The van der Waals surface area contributed by atoms with Gasteiger partial charge in [0.1, 0.15) is 0 Å². The minimum absolute atomic E-state index is 0.00628. The van der Waals surface area contributed by atoms with Crippen molar-refractivity contribution in [3.63, 3.8) is 0 Å². The van der Waals surface area contributed by atoms with E-state index >= 15 is 0 Å². The van der Waals surface area contributed by atoms with E-state index in [0.717, 1.165) is 11.1 Å². The van der Waals surface area contributed by atoms with Crippen LogP contribution in [-0.4, -0.2) is 56.2 Å². The zero-order valence-corrected chi connectivity index (χ0v) is 14.8. The van der Waals surface area contributed by atoms with Gasteiger partial charge in [-0.05, 0) is 30.9 Å². The molecular formula is C16H25N3O3S. The highest BCUT2D eigenvalue weighted by atomic mass is 32.2. The number of benzene rings is 1. The van der Waals surface area contributed by atoms with Gasteiger partial charge in [-0.2, -0.15) is 17.0 Å². The van der Waals surface area contributed by atoms with Crippen LogP contribution in [0.3, 0.4) is 0 Å². The second-order valence-corrected chi connectivity index (χ2v) is 8.28. The zero-order chi connectivity index (χ0) is 17.0. The number of hydrogen-bond donors (Lipinski definition) is 1. The van der Waals surface area contributed by atoms with E-state index < -0.39 is 10.2 Å². The summed E-state index contributed by atoms with van der Waals surface area (Å²) >= 11 is 0. The Morgan fingerprint density at radius 3 is 2.43 bits per heavy atom. The number of carbonyl (C=O) groups excluding carboxylic acids is 1. The summed E-state index contributed by atoms with van der Waals surface area (Å²) in [6, 6.07) is 7.88. The van der Waals surface area contributed by atoms with E-state index in [1.807, 2.05) is 31.2 Å². The lowest BCUT2D eigenvalue weighted by Crippen LogP contribution is -2.49. The summed E-state index contributed by atoms with van der Waals surface area (Å²) in [6.45, 7) is 2.87. The quantitative estimate of drug-likeness (QED) is 0.867. The van der Waals surface area contributed by atoms with E-state index in [4.69, 9.17) is 0 Å². The standard InChI is InChI=1S/C16H25N3O3S/c1-13-6-4-5-7-14(13)12-16(20)17-15-8-10-19(11-9-15)23(21,22)18(2)3/h4-7,15H,8-12H2,1-3H3,(H,17,20). The van der Waals surface area contributed by atoms with Crippen LogP contribution in [0.4, 0.5) is 0 Å². The second kappa shape index (κ2) is 7.42. The number of piperidine rings is 1. The number of nitrogens with one attached hydrogen (secondary N) is 1. The Labute approximate surface area is 138 Å². The minimum Gasteiger partial charge on any atom is -0.353 e. The van der Waals surface area contributed by atoms with Crippen LogP contribution in [0.2, 0.25) is 0 Å². The summed E-state index contributed by atoms with van der Waals surface area (Å²) in [6.07, 6.45) is 1.65. The molecule has 1 heterocycles. The molecule has 0 spiro atoms. The molecule has 7 heteroatoms. The van der Waals surface area contributed by atoms with Crippen molar-refractivity contribution >= 4 is 16.1 Å². The molecule has 0 radical (unpaired) electrons. The molecule has 1 amide bonds. The van der Waals surface area contributed by atoms with Gasteiger partial charge in [0, 0.05) is 33.2 Å². The maximum Gasteiger partial charge on any atom is 0.281 e. The molecule has 1 aromatic rings. The van der Waals surface area contributed by atoms with E-state index in [0.29, 0.717) is 32.4 Å². The van der Waals surface area contributed by atoms with E-state index in [9.17, 15) is 13.2 Å². The Morgan fingerprint density at radius 1 is 1.26 bits per heavy atom. The first-order valence-corrected chi connectivity index (χ1v) is 9.22. The van der Waals surface area contributed by atoms with Crippen LogP contribution in [0.5, 0.6) is 0 Å². The predicted molar refractivity (Wildman–Crippen MR) is 90.2 cm³/mol. The van der Waals surface area contributed by atoms with Crippen LogP contribution in [0.25, 0.3) is 0 Å². The predicted octanol–water partition coefficient (Wildman–Crippen LogP) is 0.925. The normalized spacial score (nSPS) is 17.4. The monoisotopic (exact) mass is 339 g/mol. The summed E-state index contributed by atoms with van der Waals surface area (Å²) in [5.41, 5.74) is 2.13. The largest absolute Gasteiger partial charge is 0.353 e. The molecule has 1 fully saturated rings. The summed E-state index contributed by atoms with van der Waals surface area (Å²) in [4.78, 5) is 12.2. The summed E-state index contributed by atoms with van der Waals surface area (Å²) in [7, 11) is -0.286. The van der Waals surface area contributed by atoms with Gasteiger partial charge in [0.05, 0.1) is 6.42 Å². The molecule has 128 valence electrons. The van der Waals surface area contributed by atoms with Crippen LogP contribution < -0.4 is 5.32 Å².